The Kier molecular flexibility index (Phi) is 3.45. The minimum Gasteiger partial charge on any atom is -0.478 e. The van der Waals surface area contributed by atoms with Crippen LogP contribution in [0.1, 0.15) is 41.8 Å². The minimum atomic E-state index is -0.963. The van der Waals surface area contributed by atoms with Crippen LogP contribution in [0, 0.1) is 0 Å². The van der Waals surface area contributed by atoms with Crippen LogP contribution in [-0.2, 0) is 5.41 Å². The van der Waals surface area contributed by atoms with E-state index in [4.69, 9.17) is 0 Å². The van der Waals surface area contributed by atoms with Crippen LogP contribution < -0.4 is 5.43 Å². The number of rotatable bonds is 3. The van der Waals surface area contributed by atoms with Gasteiger partial charge < -0.3 is 5.11 Å². The fourth-order valence-electron chi connectivity index (χ4n) is 2.93. The number of nitrogens with one attached hydrogen (secondary N) is 1. The SMILES string of the molecule is CC1(C)C/C(=N/Nc2ccccc2C(=O)O)c2ccccc21. The molecule has 22 heavy (non-hydrogen) atoms. The van der Waals surface area contributed by atoms with Gasteiger partial charge in [-0.3, -0.25) is 5.43 Å². The van der Waals surface area contributed by atoms with Crippen molar-refractivity contribution in [3.63, 3.8) is 0 Å². The number of nitrogens with zero attached hydrogens (tertiary/aromatic N) is 1. The highest BCUT2D eigenvalue weighted by molar-refractivity contribution is 6.06. The number of hydrazone groups is 1. The summed E-state index contributed by atoms with van der Waals surface area (Å²) in [7, 11) is 0. The van der Waals surface area contributed by atoms with Crippen molar-refractivity contribution in [2.75, 3.05) is 5.43 Å². The van der Waals surface area contributed by atoms with Crippen LogP contribution in [0.5, 0.6) is 0 Å². The van der Waals surface area contributed by atoms with Gasteiger partial charge in [-0.25, -0.2) is 4.79 Å². The molecule has 2 N–H and O–H groups in total. The molecular formula is C18H18N2O2. The molecule has 0 heterocycles. The van der Waals surface area contributed by atoms with Gasteiger partial charge in [-0.15, -0.1) is 0 Å². The van der Waals surface area contributed by atoms with Crippen LogP contribution in [0.4, 0.5) is 5.69 Å². The molecule has 0 fully saturated rings. The molecule has 0 amide bonds. The van der Waals surface area contributed by atoms with Crippen LogP contribution in [0.15, 0.2) is 53.6 Å². The van der Waals surface area contributed by atoms with E-state index >= 15 is 0 Å². The van der Waals surface area contributed by atoms with Gasteiger partial charge in [0.05, 0.1) is 17.0 Å². The Morgan fingerprint density at radius 2 is 1.82 bits per heavy atom. The molecule has 0 spiro atoms. The van der Waals surface area contributed by atoms with Gasteiger partial charge in [0.1, 0.15) is 0 Å². The number of carboxylic acid groups (broad SMARTS) is 1. The van der Waals surface area contributed by atoms with Gasteiger partial charge >= 0.3 is 5.97 Å². The lowest BCUT2D eigenvalue weighted by Gasteiger charge is -2.17. The molecule has 0 saturated heterocycles. The molecule has 4 heteroatoms. The molecule has 2 aromatic carbocycles. The molecule has 0 bridgehead atoms. The average Bonchev–Trinajstić information content (AvgIpc) is 2.77. The van der Waals surface area contributed by atoms with Crippen molar-refractivity contribution < 1.29 is 9.90 Å². The fraction of sp³-hybridized carbons (Fsp3) is 0.222. The van der Waals surface area contributed by atoms with Crippen molar-refractivity contribution in [1.29, 1.82) is 0 Å². The summed E-state index contributed by atoms with van der Waals surface area (Å²) in [6, 6.07) is 15.0. The second kappa shape index (κ2) is 5.30. The number of para-hydroxylation sites is 1. The molecule has 3 rings (SSSR count). The first-order chi connectivity index (χ1) is 10.5. The highest BCUT2D eigenvalue weighted by Gasteiger charge is 2.33. The van der Waals surface area contributed by atoms with E-state index in [-0.39, 0.29) is 11.0 Å². The number of fused-ring (bicyclic) bond motifs is 1. The summed E-state index contributed by atoms with van der Waals surface area (Å²) < 4.78 is 0. The number of hydrogen-bond acceptors (Lipinski definition) is 3. The summed E-state index contributed by atoms with van der Waals surface area (Å²) in [5, 5.41) is 13.7. The van der Waals surface area contributed by atoms with Gasteiger partial charge in [-0.2, -0.15) is 5.10 Å². The molecule has 112 valence electrons. The Labute approximate surface area is 129 Å². The van der Waals surface area contributed by atoms with E-state index in [0.29, 0.717) is 5.69 Å². The predicted octanol–water partition coefficient (Wildman–Crippen LogP) is 3.88. The van der Waals surface area contributed by atoms with Gasteiger partial charge in [0.25, 0.3) is 0 Å². The zero-order valence-electron chi connectivity index (χ0n) is 12.6. The third kappa shape index (κ3) is 2.48. The first kappa shape index (κ1) is 14.3. The van der Waals surface area contributed by atoms with Crippen LogP contribution in [-0.4, -0.2) is 16.8 Å². The molecular weight excluding hydrogens is 276 g/mol. The quantitative estimate of drug-likeness (QED) is 0.844. The fourth-order valence-corrected chi connectivity index (χ4v) is 2.93. The maximum Gasteiger partial charge on any atom is 0.337 e. The Hall–Kier alpha value is -2.62. The molecule has 0 aliphatic heterocycles. The van der Waals surface area contributed by atoms with Crippen LogP contribution in [0.3, 0.4) is 0 Å². The monoisotopic (exact) mass is 294 g/mol. The molecule has 4 nitrogen and oxygen atoms in total. The number of carboxylic acids is 1. The van der Waals surface area contributed by atoms with E-state index in [1.54, 1.807) is 24.3 Å². The van der Waals surface area contributed by atoms with E-state index in [1.807, 2.05) is 12.1 Å². The smallest absolute Gasteiger partial charge is 0.337 e. The summed E-state index contributed by atoms with van der Waals surface area (Å²) >= 11 is 0. The summed E-state index contributed by atoms with van der Waals surface area (Å²) in [6.07, 6.45) is 0.828. The molecule has 0 aromatic heterocycles. The predicted molar refractivity (Wildman–Crippen MR) is 87.6 cm³/mol. The number of hydrogen-bond donors (Lipinski definition) is 2. The van der Waals surface area contributed by atoms with E-state index in [0.717, 1.165) is 17.7 Å². The second-order valence-electron chi connectivity index (χ2n) is 6.13. The van der Waals surface area contributed by atoms with Gasteiger partial charge in [-0.1, -0.05) is 50.2 Å². The molecule has 0 radical (unpaired) electrons. The van der Waals surface area contributed by atoms with E-state index < -0.39 is 5.97 Å². The van der Waals surface area contributed by atoms with Crippen LogP contribution in [0.25, 0.3) is 0 Å². The molecule has 1 aliphatic rings. The molecule has 2 aromatic rings. The van der Waals surface area contributed by atoms with Crippen LogP contribution >= 0.6 is 0 Å². The normalized spacial score (nSPS) is 17.3. The van der Waals surface area contributed by atoms with Crippen molar-refractivity contribution in [3.8, 4) is 0 Å². The largest absolute Gasteiger partial charge is 0.478 e. The second-order valence-corrected chi connectivity index (χ2v) is 6.13. The first-order valence-corrected chi connectivity index (χ1v) is 7.24. The van der Waals surface area contributed by atoms with Crippen molar-refractivity contribution >= 4 is 17.4 Å². The molecule has 0 atom stereocenters. The Morgan fingerprint density at radius 1 is 1.14 bits per heavy atom. The lowest BCUT2D eigenvalue weighted by Crippen LogP contribution is -2.13. The Balaban J connectivity index is 1.94. The van der Waals surface area contributed by atoms with E-state index in [1.165, 1.54) is 5.56 Å². The van der Waals surface area contributed by atoms with E-state index in [9.17, 15) is 9.90 Å². The highest BCUT2D eigenvalue weighted by Crippen LogP contribution is 2.38. The van der Waals surface area contributed by atoms with Gasteiger partial charge in [-0.05, 0) is 23.1 Å². The minimum absolute atomic E-state index is 0.0451. The molecule has 0 saturated carbocycles. The first-order valence-electron chi connectivity index (χ1n) is 7.24. The summed E-state index contributed by atoms with van der Waals surface area (Å²) in [5.41, 5.74) is 7.06. The number of carbonyl (C=O) groups is 1. The molecule has 1 aliphatic carbocycles. The zero-order valence-corrected chi connectivity index (χ0v) is 12.6. The summed E-state index contributed by atoms with van der Waals surface area (Å²) in [5.74, 6) is -0.963. The number of anilines is 1. The van der Waals surface area contributed by atoms with E-state index in [2.05, 4.69) is 36.5 Å². The summed E-state index contributed by atoms with van der Waals surface area (Å²) in [6.45, 7) is 4.39. The summed E-state index contributed by atoms with van der Waals surface area (Å²) in [4.78, 5) is 11.2. The maximum absolute atomic E-state index is 11.2. The number of aromatic carboxylic acids is 1. The Morgan fingerprint density at radius 3 is 2.59 bits per heavy atom. The lowest BCUT2D eigenvalue weighted by atomic mass is 9.87. The van der Waals surface area contributed by atoms with Gasteiger partial charge in [0.2, 0.25) is 0 Å². The van der Waals surface area contributed by atoms with Crippen molar-refractivity contribution in [2.24, 2.45) is 5.10 Å². The average molecular weight is 294 g/mol. The van der Waals surface area contributed by atoms with Crippen LogP contribution in [0.2, 0.25) is 0 Å². The van der Waals surface area contributed by atoms with Crippen molar-refractivity contribution in [2.45, 2.75) is 25.7 Å². The topological polar surface area (TPSA) is 61.7 Å². The van der Waals surface area contributed by atoms with Crippen molar-refractivity contribution in [1.82, 2.24) is 0 Å². The maximum atomic E-state index is 11.2. The standard InChI is InChI=1S/C18H18N2O2/c1-18(2)11-16(12-7-3-5-9-14(12)18)20-19-15-10-6-4-8-13(15)17(21)22/h3-10,19H,11H2,1-2H3,(H,21,22)/b20-16-. The third-order valence-electron chi connectivity index (χ3n) is 4.05. The van der Waals surface area contributed by atoms with Gasteiger partial charge in [0.15, 0.2) is 0 Å². The highest BCUT2D eigenvalue weighted by atomic mass is 16.4. The lowest BCUT2D eigenvalue weighted by molar-refractivity contribution is 0.0698. The molecule has 0 unspecified atom stereocenters. The number of benzene rings is 2. The Bertz CT molecular complexity index is 763. The third-order valence-corrected chi connectivity index (χ3v) is 4.05. The van der Waals surface area contributed by atoms with Crippen molar-refractivity contribution in [3.05, 3.63) is 65.2 Å². The van der Waals surface area contributed by atoms with Gasteiger partial charge in [0, 0.05) is 12.0 Å². The zero-order chi connectivity index (χ0) is 15.7.